The summed E-state index contributed by atoms with van der Waals surface area (Å²) in [7, 11) is 0. The number of Topliss-reactive ketones (excluding diaryl/α,β-unsaturated/α-hetero) is 1. The minimum atomic E-state index is -0.402. The molecule has 162 valence electrons. The van der Waals surface area contributed by atoms with Crippen LogP contribution < -0.4 is 10.2 Å². The van der Waals surface area contributed by atoms with Crippen molar-refractivity contribution in [2.75, 3.05) is 23.3 Å². The lowest BCUT2D eigenvalue weighted by Gasteiger charge is -2.34. The van der Waals surface area contributed by atoms with Gasteiger partial charge in [0.2, 0.25) is 0 Å². The van der Waals surface area contributed by atoms with E-state index in [1.807, 2.05) is 12.3 Å². The van der Waals surface area contributed by atoms with Crippen molar-refractivity contribution in [3.05, 3.63) is 47.6 Å². The first kappa shape index (κ1) is 20.2. The van der Waals surface area contributed by atoms with E-state index >= 15 is 0 Å². The van der Waals surface area contributed by atoms with Crippen LogP contribution in [0, 0.1) is 17.7 Å². The summed E-state index contributed by atoms with van der Waals surface area (Å²) in [5, 5.41) is 4.60. The number of aromatic amines is 1. The van der Waals surface area contributed by atoms with E-state index in [0.29, 0.717) is 23.0 Å². The smallest absolute Gasteiger partial charge is 0.155 e. The number of benzene rings is 1. The van der Waals surface area contributed by atoms with Gasteiger partial charge in [-0.05, 0) is 61.8 Å². The molecule has 1 aromatic carbocycles. The first-order chi connectivity index (χ1) is 15.1. The maximum absolute atomic E-state index is 13.7. The van der Waals surface area contributed by atoms with Gasteiger partial charge >= 0.3 is 0 Å². The topological polar surface area (TPSA) is 73.9 Å². The third kappa shape index (κ3) is 4.51. The number of piperidine rings is 1. The number of hydrogen-bond acceptors (Lipinski definition) is 5. The molecule has 31 heavy (non-hydrogen) atoms. The number of H-pyrrole nitrogens is 1. The molecule has 2 aliphatic rings. The maximum Gasteiger partial charge on any atom is 0.155 e. The van der Waals surface area contributed by atoms with Gasteiger partial charge in [-0.25, -0.2) is 14.4 Å². The molecule has 1 aliphatic carbocycles. The first-order valence-corrected chi connectivity index (χ1v) is 11.2. The lowest BCUT2D eigenvalue weighted by molar-refractivity contribution is -0.121. The normalized spacial score (nSPS) is 20.1. The third-order valence-corrected chi connectivity index (χ3v) is 6.48. The molecule has 0 amide bonds. The van der Waals surface area contributed by atoms with Crippen LogP contribution >= 0.6 is 11.6 Å². The van der Waals surface area contributed by atoms with Gasteiger partial charge in [-0.2, -0.15) is 0 Å². The molecule has 0 radical (unpaired) electrons. The first-order valence-electron chi connectivity index (χ1n) is 10.8. The Morgan fingerprint density at radius 2 is 2.16 bits per heavy atom. The molecule has 2 fully saturated rings. The van der Waals surface area contributed by atoms with E-state index in [1.165, 1.54) is 12.1 Å². The zero-order valence-electron chi connectivity index (χ0n) is 17.2. The summed E-state index contributed by atoms with van der Waals surface area (Å²) >= 11 is 5.99. The molecule has 3 aromatic rings. The predicted octanol–water partition coefficient (Wildman–Crippen LogP) is 4.82. The lowest BCUT2D eigenvalue weighted by Crippen LogP contribution is -2.39. The highest BCUT2D eigenvalue weighted by atomic mass is 35.5. The molecule has 0 bridgehead atoms. The summed E-state index contributed by atoms with van der Waals surface area (Å²) in [6.07, 6.45) is 8.06. The van der Waals surface area contributed by atoms with Gasteiger partial charge < -0.3 is 15.2 Å². The Balaban J connectivity index is 1.28. The maximum atomic E-state index is 13.7. The molecule has 5 rings (SSSR count). The summed E-state index contributed by atoms with van der Waals surface area (Å²) in [4.78, 5) is 27.4. The van der Waals surface area contributed by atoms with Crippen molar-refractivity contribution in [1.29, 1.82) is 0 Å². The van der Waals surface area contributed by atoms with Crippen LogP contribution in [0.3, 0.4) is 0 Å². The van der Waals surface area contributed by atoms with Crippen molar-refractivity contribution < 1.29 is 9.18 Å². The summed E-state index contributed by atoms with van der Waals surface area (Å²) in [6, 6.07) is 6.05. The number of nitrogens with one attached hydrogen (secondary N) is 2. The Bertz CT molecular complexity index is 1080. The average molecular weight is 442 g/mol. The molecule has 2 atom stereocenters. The second-order valence-electron chi connectivity index (χ2n) is 8.68. The van der Waals surface area contributed by atoms with Crippen LogP contribution in [-0.4, -0.2) is 39.9 Å². The van der Waals surface area contributed by atoms with Gasteiger partial charge in [0.25, 0.3) is 0 Å². The highest BCUT2D eigenvalue weighted by Gasteiger charge is 2.37. The van der Waals surface area contributed by atoms with Gasteiger partial charge in [0.15, 0.2) is 5.78 Å². The van der Waals surface area contributed by atoms with Crippen LogP contribution in [0.4, 0.5) is 15.9 Å². The van der Waals surface area contributed by atoms with E-state index < -0.39 is 5.82 Å². The summed E-state index contributed by atoms with van der Waals surface area (Å²) in [5.41, 5.74) is 1.39. The fourth-order valence-corrected chi connectivity index (χ4v) is 4.88. The molecular weight excluding hydrogens is 417 g/mol. The number of aromatic nitrogens is 3. The van der Waals surface area contributed by atoms with Crippen molar-refractivity contribution in [3.8, 4) is 0 Å². The van der Waals surface area contributed by atoms with Gasteiger partial charge in [-0.3, -0.25) is 4.79 Å². The van der Waals surface area contributed by atoms with E-state index in [0.717, 1.165) is 55.6 Å². The number of nitrogens with zero attached hydrogens (tertiary/aromatic N) is 3. The van der Waals surface area contributed by atoms with E-state index in [1.54, 1.807) is 12.4 Å². The minimum absolute atomic E-state index is 0.198. The molecular formula is C23H25ClFN5O. The molecule has 8 heteroatoms. The van der Waals surface area contributed by atoms with Gasteiger partial charge in [-0.15, -0.1) is 0 Å². The van der Waals surface area contributed by atoms with E-state index in [4.69, 9.17) is 11.6 Å². The van der Waals surface area contributed by atoms with Gasteiger partial charge in [-0.1, -0.05) is 11.6 Å². The highest BCUT2D eigenvalue weighted by molar-refractivity contribution is 6.30. The van der Waals surface area contributed by atoms with E-state index in [2.05, 4.69) is 25.2 Å². The predicted molar refractivity (Wildman–Crippen MR) is 120 cm³/mol. The number of hydrogen-bond donors (Lipinski definition) is 2. The molecule has 2 aromatic heterocycles. The molecule has 0 spiro atoms. The molecule has 1 saturated carbocycles. The number of fused-ring (bicyclic) bond motifs is 1. The highest BCUT2D eigenvalue weighted by Crippen LogP contribution is 2.37. The minimum Gasteiger partial charge on any atom is -0.375 e. The van der Waals surface area contributed by atoms with E-state index in [-0.39, 0.29) is 17.7 Å². The van der Waals surface area contributed by atoms with E-state index in [9.17, 15) is 9.18 Å². The number of ketones is 1. The van der Waals surface area contributed by atoms with Gasteiger partial charge in [0.05, 0.1) is 11.4 Å². The Morgan fingerprint density at radius 3 is 2.97 bits per heavy atom. The van der Waals surface area contributed by atoms with Crippen LogP contribution in [0.1, 0.15) is 32.1 Å². The number of carbonyl (C=O) groups is 1. The Labute approximate surface area is 185 Å². The monoisotopic (exact) mass is 441 g/mol. The quantitative estimate of drug-likeness (QED) is 0.550. The average Bonchev–Trinajstić information content (AvgIpc) is 3.46. The van der Waals surface area contributed by atoms with Crippen molar-refractivity contribution >= 4 is 39.9 Å². The number of carbonyl (C=O) groups excluding carboxylic acids is 1. The number of halogens is 2. The van der Waals surface area contributed by atoms with Gasteiger partial charge in [0, 0.05) is 36.4 Å². The van der Waals surface area contributed by atoms with Crippen molar-refractivity contribution in [2.45, 2.75) is 38.1 Å². The van der Waals surface area contributed by atoms with Crippen LogP contribution in [-0.2, 0) is 4.79 Å². The second-order valence-corrected chi connectivity index (χ2v) is 9.12. The van der Waals surface area contributed by atoms with Crippen LogP contribution in [0.25, 0.3) is 11.0 Å². The Kier molecular flexibility index (Phi) is 5.52. The zero-order valence-corrected chi connectivity index (χ0v) is 17.9. The van der Waals surface area contributed by atoms with Crippen LogP contribution in [0.15, 0.2) is 36.8 Å². The number of rotatable bonds is 7. The Hall–Kier alpha value is -2.67. The third-order valence-electron chi connectivity index (χ3n) is 6.27. The summed E-state index contributed by atoms with van der Waals surface area (Å²) < 4.78 is 13.7. The molecule has 1 aliphatic heterocycles. The summed E-state index contributed by atoms with van der Waals surface area (Å²) in [6.45, 7) is 1.72. The lowest BCUT2D eigenvalue weighted by atomic mass is 9.89. The van der Waals surface area contributed by atoms with Crippen LogP contribution in [0.2, 0.25) is 5.02 Å². The second kappa shape index (κ2) is 8.46. The molecule has 6 nitrogen and oxygen atoms in total. The molecule has 0 unspecified atom stereocenters. The number of anilines is 2. The fourth-order valence-electron chi connectivity index (χ4n) is 4.65. The zero-order chi connectivity index (χ0) is 21.4. The molecule has 2 N–H and O–H groups in total. The van der Waals surface area contributed by atoms with Crippen molar-refractivity contribution in [3.63, 3.8) is 0 Å². The largest absolute Gasteiger partial charge is 0.375 e. The standard InChI is InChI=1S/C23H25ClFN5O/c24-16-9-17(25)11-18(10-16)29-21(15-3-4-15)20(31)8-14-2-1-7-30(12-14)23-19-5-6-26-22(19)27-13-28-23/h5-6,9-11,13-15,21,29H,1-4,7-8,12H2,(H,26,27,28)/t14-,21+/m0/s1. The Morgan fingerprint density at radius 1 is 1.29 bits per heavy atom. The SMILES string of the molecule is O=C(C[C@@H]1CCCN(c2ncnc3[nH]ccc23)C1)[C@H](Nc1cc(F)cc(Cl)c1)C1CC1. The molecule has 1 saturated heterocycles. The van der Waals surface area contributed by atoms with Crippen molar-refractivity contribution in [2.24, 2.45) is 11.8 Å². The summed E-state index contributed by atoms with van der Waals surface area (Å²) in [5.74, 6) is 1.31. The van der Waals surface area contributed by atoms with Crippen LogP contribution in [0.5, 0.6) is 0 Å². The van der Waals surface area contributed by atoms with Crippen molar-refractivity contribution in [1.82, 2.24) is 15.0 Å². The fraction of sp³-hybridized carbons (Fsp3) is 0.435. The van der Waals surface area contributed by atoms with Gasteiger partial charge in [0.1, 0.15) is 23.6 Å². The molecule has 3 heterocycles.